The highest BCUT2D eigenvalue weighted by Gasteiger charge is 2.47. The molecule has 0 spiro atoms. The van der Waals surface area contributed by atoms with Crippen molar-refractivity contribution in [3.05, 3.63) is 28.9 Å². The highest BCUT2D eigenvalue weighted by Crippen LogP contribution is 2.47. The second-order valence-corrected chi connectivity index (χ2v) is 12.2. The molecule has 1 aliphatic rings. The summed E-state index contributed by atoms with van der Waals surface area (Å²) in [6.07, 6.45) is 3.37. The van der Waals surface area contributed by atoms with Crippen molar-refractivity contribution in [1.29, 1.82) is 0 Å². The van der Waals surface area contributed by atoms with Gasteiger partial charge in [0.1, 0.15) is 6.10 Å². The quantitative estimate of drug-likeness (QED) is 0.560. The molecule has 0 amide bonds. The van der Waals surface area contributed by atoms with Crippen molar-refractivity contribution < 1.29 is 4.43 Å². The summed E-state index contributed by atoms with van der Waals surface area (Å²) in [5.41, 5.74) is 5.95. The zero-order valence-corrected chi connectivity index (χ0v) is 15.2. The van der Waals surface area contributed by atoms with Crippen LogP contribution in [0.15, 0.2) is 22.8 Å². The monoisotopic (exact) mass is 279 g/mol. The van der Waals surface area contributed by atoms with E-state index in [1.807, 2.05) is 0 Å². The molecule has 0 saturated heterocycles. The standard InChI is InChI=1S/C17H31OSi/c1-11(2)19(12(3)4,13(5)6)18-17-10-14(7)15(8)16(17)9/h10-13H,1-9H3. The fourth-order valence-electron chi connectivity index (χ4n) is 3.54. The molecular weight excluding hydrogens is 248 g/mol. The van der Waals surface area contributed by atoms with Crippen LogP contribution in [0.5, 0.6) is 0 Å². The van der Waals surface area contributed by atoms with E-state index in [2.05, 4.69) is 68.4 Å². The third kappa shape index (κ3) is 2.90. The molecule has 0 aromatic heterocycles. The van der Waals surface area contributed by atoms with Crippen LogP contribution in [0.2, 0.25) is 16.6 Å². The first kappa shape index (κ1) is 16.7. The van der Waals surface area contributed by atoms with Gasteiger partial charge in [-0.05, 0) is 60.2 Å². The first-order valence-corrected chi connectivity index (χ1v) is 9.71. The van der Waals surface area contributed by atoms with Gasteiger partial charge in [-0.25, -0.2) is 0 Å². The predicted molar refractivity (Wildman–Crippen MR) is 87.5 cm³/mol. The van der Waals surface area contributed by atoms with Gasteiger partial charge >= 0.3 is 0 Å². The summed E-state index contributed by atoms with van der Waals surface area (Å²) < 4.78 is 6.76. The molecule has 2 heteroatoms. The lowest BCUT2D eigenvalue weighted by molar-refractivity contribution is 0.331. The third-order valence-electron chi connectivity index (χ3n) is 4.87. The second kappa shape index (κ2) is 5.97. The van der Waals surface area contributed by atoms with Crippen molar-refractivity contribution in [2.45, 2.75) is 78.9 Å². The Labute approximate surface area is 121 Å². The molecule has 0 heterocycles. The Morgan fingerprint density at radius 3 is 1.47 bits per heavy atom. The van der Waals surface area contributed by atoms with Crippen LogP contribution in [-0.2, 0) is 4.43 Å². The SMILES string of the molecule is CC1=C[C](O[Si](C(C)C)(C(C)C)C(C)C)C(C)=C1C. The summed E-state index contributed by atoms with van der Waals surface area (Å²) >= 11 is 0. The van der Waals surface area contributed by atoms with Gasteiger partial charge in [-0.15, -0.1) is 0 Å². The van der Waals surface area contributed by atoms with Gasteiger partial charge in [0.25, 0.3) is 0 Å². The highest BCUT2D eigenvalue weighted by molar-refractivity contribution is 6.77. The van der Waals surface area contributed by atoms with Gasteiger partial charge in [0.05, 0.1) is 0 Å². The van der Waals surface area contributed by atoms with Crippen LogP contribution in [0, 0.1) is 6.10 Å². The number of allylic oxidation sites excluding steroid dienone is 2. The van der Waals surface area contributed by atoms with Crippen LogP contribution in [0.3, 0.4) is 0 Å². The Bertz CT molecular complexity index is 366. The lowest BCUT2D eigenvalue weighted by Crippen LogP contribution is -2.48. The molecule has 0 aromatic rings. The summed E-state index contributed by atoms with van der Waals surface area (Å²) in [6, 6.07) is 0. The Balaban J connectivity index is 3.11. The van der Waals surface area contributed by atoms with Gasteiger partial charge in [-0.2, -0.15) is 0 Å². The van der Waals surface area contributed by atoms with Gasteiger partial charge < -0.3 is 4.43 Å². The molecule has 109 valence electrons. The second-order valence-electron chi connectivity index (χ2n) is 6.86. The topological polar surface area (TPSA) is 9.23 Å². The molecule has 0 aromatic carbocycles. The van der Waals surface area contributed by atoms with Crippen LogP contribution >= 0.6 is 0 Å². The fourth-order valence-corrected chi connectivity index (χ4v) is 8.84. The number of hydrogen-bond acceptors (Lipinski definition) is 1. The van der Waals surface area contributed by atoms with Crippen molar-refractivity contribution in [2.75, 3.05) is 0 Å². The summed E-state index contributed by atoms with van der Waals surface area (Å²) in [5.74, 6) is 0. The van der Waals surface area contributed by atoms with Crippen LogP contribution in [0.1, 0.15) is 62.3 Å². The Morgan fingerprint density at radius 2 is 1.21 bits per heavy atom. The minimum absolute atomic E-state index is 0.627. The van der Waals surface area contributed by atoms with Gasteiger partial charge in [-0.1, -0.05) is 41.5 Å². The normalized spacial score (nSPS) is 18.2. The number of rotatable bonds is 5. The van der Waals surface area contributed by atoms with Crippen molar-refractivity contribution in [3.8, 4) is 0 Å². The van der Waals surface area contributed by atoms with Crippen LogP contribution in [-0.4, -0.2) is 8.32 Å². The van der Waals surface area contributed by atoms with Crippen molar-refractivity contribution in [2.24, 2.45) is 0 Å². The highest BCUT2D eigenvalue weighted by atomic mass is 28.4. The molecule has 0 aliphatic heterocycles. The van der Waals surface area contributed by atoms with E-state index in [9.17, 15) is 0 Å². The minimum Gasteiger partial charge on any atom is -0.400 e. The lowest BCUT2D eigenvalue weighted by Gasteiger charge is -2.43. The maximum absolute atomic E-state index is 6.76. The Morgan fingerprint density at radius 1 is 0.789 bits per heavy atom. The Kier molecular flexibility index (Phi) is 5.25. The molecule has 1 radical (unpaired) electrons. The van der Waals surface area contributed by atoms with E-state index < -0.39 is 8.32 Å². The van der Waals surface area contributed by atoms with E-state index in [0.29, 0.717) is 16.6 Å². The first-order valence-electron chi connectivity index (χ1n) is 7.57. The summed E-state index contributed by atoms with van der Waals surface area (Å²) in [7, 11) is -1.81. The van der Waals surface area contributed by atoms with Crippen molar-refractivity contribution in [3.63, 3.8) is 0 Å². The summed E-state index contributed by atoms with van der Waals surface area (Å²) in [6.45, 7) is 20.6. The van der Waals surface area contributed by atoms with Crippen LogP contribution in [0.4, 0.5) is 0 Å². The molecule has 0 bridgehead atoms. The summed E-state index contributed by atoms with van der Waals surface area (Å²) in [4.78, 5) is 0. The maximum atomic E-state index is 6.76. The molecular formula is C17H31OSi. The zero-order chi connectivity index (χ0) is 15.0. The molecule has 0 atom stereocenters. The average Bonchev–Trinajstić information content (AvgIpc) is 2.52. The fraction of sp³-hybridized carbons (Fsp3) is 0.706. The van der Waals surface area contributed by atoms with Crippen molar-refractivity contribution >= 4 is 8.32 Å². The molecule has 0 fully saturated rings. The van der Waals surface area contributed by atoms with Crippen molar-refractivity contribution in [1.82, 2.24) is 0 Å². The predicted octanol–water partition coefficient (Wildman–Crippen LogP) is 6.01. The zero-order valence-electron chi connectivity index (χ0n) is 14.2. The largest absolute Gasteiger partial charge is 0.400 e. The van der Waals surface area contributed by atoms with Crippen LogP contribution in [0.25, 0.3) is 0 Å². The Hall–Kier alpha value is -0.343. The third-order valence-corrected chi connectivity index (χ3v) is 10.9. The molecule has 0 unspecified atom stereocenters. The van der Waals surface area contributed by atoms with Gasteiger partial charge in [0.2, 0.25) is 8.32 Å². The van der Waals surface area contributed by atoms with Gasteiger partial charge in [-0.3, -0.25) is 0 Å². The van der Waals surface area contributed by atoms with Gasteiger partial charge in [0.15, 0.2) is 0 Å². The molecule has 1 nitrogen and oxygen atoms in total. The van der Waals surface area contributed by atoms with E-state index in [4.69, 9.17) is 4.43 Å². The molecule has 19 heavy (non-hydrogen) atoms. The maximum Gasteiger partial charge on any atom is 0.202 e. The van der Waals surface area contributed by atoms with E-state index in [-0.39, 0.29) is 0 Å². The first-order chi connectivity index (χ1) is 8.64. The molecule has 1 aliphatic carbocycles. The van der Waals surface area contributed by atoms with E-state index >= 15 is 0 Å². The summed E-state index contributed by atoms with van der Waals surface area (Å²) in [5, 5.41) is 0. The van der Waals surface area contributed by atoms with E-state index in [1.165, 1.54) is 16.7 Å². The minimum atomic E-state index is -1.81. The number of hydrogen-bond donors (Lipinski definition) is 0. The van der Waals surface area contributed by atoms with E-state index in [0.717, 1.165) is 6.10 Å². The molecule has 1 rings (SSSR count). The van der Waals surface area contributed by atoms with Crippen LogP contribution < -0.4 is 0 Å². The molecule has 0 saturated carbocycles. The average molecular weight is 280 g/mol. The molecule has 0 N–H and O–H groups in total. The van der Waals surface area contributed by atoms with Gasteiger partial charge in [0, 0.05) is 0 Å². The lowest BCUT2D eigenvalue weighted by atomic mass is 10.1. The smallest absolute Gasteiger partial charge is 0.202 e. The van der Waals surface area contributed by atoms with E-state index in [1.54, 1.807) is 0 Å².